The molecule has 4 heteroatoms. The van der Waals surface area contributed by atoms with Crippen LogP contribution in [0.15, 0.2) is 170 Å². The fraction of sp³-hybridized carbons (Fsp3) is 0. The van der Waals surface area contributed by atoms with Crippen molar-refractivity contribution in [1.29, 1.82) is 0 Å². The summed E-state index contributed by atoms with van der Waals surface area (Å²) in [5, 5.41) is 2.23. The average Bonchev–Trinajstić information content (AvgIpc) is 3.15. The topological polar surface area (TPSA) is 38.7 Å². The number of nitrogens with zero attached hydrogens (tertiary/aromatic N) is 3. The number of fused-ring (bicyclic) bond motifs is 1. The van der Waals surface area contributed by atoms with Gasteiger partial charge in [-0.2, -0.15) is 0 Å². The Labute approximate surface area is 282 Å². The van der Waals surface area contributed by atoms with E-state index in [1.165, 1.54) is 16.7 Å². The fourth-order valence-corrected chi connectivity index (χ4v) is 6.88. The third-order valence-electron chi connectivity index (χ3n) is 8.47. The first kappa shape index (κ1) is 28.8. The molecule has 0 fully saturated rings. The quantitative estimate of drug-likeness (QED) is 0.166. The van der Waals surface area contributed by atoms with E-state index in [4.69, 9.17) is 15.0 Å². The first-order chi connectivity index (χ1) is 23.2. The Kier molecular flexibility index (Phi) is 7.72. The molecule has 0 amide bonds. The molecule has 221 valence electrons. The van der Waals surface area contributed by atoms with Crippen molar-refractivity contribution in [2.45, 2.75) is 0 Å². The number of aromatic nitrogens is 3. The van der Waals surface area contributed by atoms with Crippen LogP contribution in [-0.2, 0) is 0 Å². The third kappa shape index (κ3) is 5.66. The molecule has 0 N–H and O–H groups in total. The zero-order valence-electron chi connectivity index (χ0n) is 25.4. The molecule has 0 unspecified atom stereocenters. The molecule has 1 aromatic heterocycles. The molecule has 0 aliphatic heterocycles. The van der Waals surface area contributed by atoms with Crippen molar-refractivity contribution in [3.63, 3.8) is 0 Å². The summed E-state index contributed by atoms with van der Waals surface area (Å²) >= 11 is 3.38. The fourth-order valence-electron chi connectivity index (χ4n) is 6.12. The van der Waals surface area contributed by atoms with Crippen molar-refractivity contribution in [3.05, 3.63) is 170 Å². The van der Waals surface area contributed by atoms with E-state index >= 15 is 0 Å². The van der Waals surface area contributed by atoms with Crippen LogP contribution in [0.2, 0.25) is 0 Å². The van der Waals surface area contributed by atoms with E-state index < -0.39 is 0 Å². The van der Waals surface area contributed by atoms with Gasteiger partial charge in [0, 0.05) is 0 Å². The summed E-state index contributed by atoms with van der Waals surface area (Å²) in [6, 6.07) is 58.8. The normalized spacial score (nSPS) is 11.1. The molecule has 0 bridgehead atoms. The van der Waals surface area contributed by atoms with Crippen molar-refractivity contribution >= 4 is 31.2 Å². The van der Waals surface area contributed by atoms with Crippen molar-refractivity contribution in [2.24, 2.45) is 0 Å². The van der Waals surface area contributed by atoms with Gasteiger partial charge in [-0.15, -0.1) is 0 Å². The summed E-state index contributed by atoms with van der Waals surface area (Å²) in [4.78, 5) is 15.1. The number of hydrogen-bond acceptors (Lipinski definition) is 3. The number of rotatable bonds is 6. The van der Waals surface area contributed by atoms with Gasteiger partial charge in [-0.25, -0.2) is 0 Å². The second-order valence-electron chi connectivity index (χ2n) is 11.4. The molecule has 1 heterocycles. The van der Waals surface area contributed by atoms with Crippen molar-refractivity contribution in [1.82, 2.24) is 15.0 Å². The minimum absolute atomic E-state index is 0.641. The first-order valence-corrected chi connectivity index (χ1v) is 16.4. The first-order valence-electron chi connectivity index (χ1n) is 15.6. The summed E-state index contributed by atoms with van der Waals surface area (Å²) in [5.74, 6) is 1.93. The predicted octanol–water partition coefficient (Wildman–Crippen LogP) is 9.82. The maximum atomic E-state index is 5.10. The van der Waals surface area contributed by atoms with Crippen LogP contribution in [-0.4, -0.2) is 31.0 Å². The van der Waals surface area contributed by atoms with E-state index in [2.05, 4.69) is 143 Å². The van der Waals surface area contributed by atoms with E-state index in [0.29, 0.717) is 17.5 Å². The van der Waals surface area contributed by atoms with Crippen LogP contribution >= 0.6 is 0 Å². The molecule has 8 rings (SSSR count). The molecule has 3 nitrogen and oxygen atoms in total. The van der Waals surface area contributed by atoms with Gasteiger partial charge in [-0.05, 0) is 11.1 Å². The van der Waals surface area contributed by atoms with Crippen LogP contribution in [0.1, 0.15) is 0 Å². The minimum atomic E-state index is 0.641. The van der Waals surface area contributed by atoms with Gasteiger partial charge in [0.1, 0.15) is 0 Å². The summed E-state index contributed by atoms with van der Waals surface area (Å²) in [7, 11) is 0. The van der Waals surface area contributed by atoms with Crippen LogP contribution in [0.25, 0.3) is 78.3 Å². The predicted molar refractivity (Wildman–Crippen MR) is 195 cm³/mol. The van der Waals surface area contributed by atoms with Crippen LogP contribution < -0.4 is 4.46 Å². The van der Waals surface area contributed by atoms with Crippen molar-refractivity contribution in [3.8, 4) is 67.5 Å². The number of benzene rings is 7. The third-order valence-corrected chi connectivity index (χ3v) is 9.39. The van der Waals surface area contributed by atoms with Gasteiger partial charge in [-0.3, -0.25) is 0 Å². The Balaban J connectivity index is 1.28. The zero-order valence-corrected chi connectivity index (χ0v) is 27.1. The van der Waals surface area contributed by atoms with Gasteiger partial charge in [0.2, 0.25) is 0 Å². The van der Waals surface area contributed by atoms with E-state index in [1.807, 2.05) is 42.5 Å². The van der Waals surface area contributed by atoms with Crippen LogP contribution in [0.3, 0.4) is 0 Å². The monoisotopic (exact) mass is 666 g/mol. The van der Waals surface area contributed by atoms with E-state index in [9.17, 15) is 0 Å². The molecule has 0 aliphatic carbocycles. The van der Waals surface area contributed by atoms with Crippen molar-refractivity contribution < 1.29 is 0 Å². The van der Waals surface area contributed by atoms with E-state index in [-0.39, 0.29) is 0 Å². The number of hydrogen-bond donors (Lipinski definition) is 0. The second-order valence-corrected chi connectivity index (χ2v) is 12.2. The van der Waals surface area contributed by atoms with Gasteiger partial charge in [-0.1, -0.05) is 36.4 Å². The summed E-state index contributed by atoms with van der Waals surface area (Å²) < 4.78 is 1.13. The van der Waals surface area contributed by atoms with E-state index in [1.54, 1.807) is 0 Å². The Morgan fingerprint density at radius 1 is 0.277 bits per heavy atom. The van der Waals surface area contributed by atoms with Gasteiger partial charge >= 0.3 is 236 Å². The molecule has 0 spiro atoms. The molecule has 0 aliphatic rings. The van der Waals surface area contributed by atoms with Gasteiger partial charge in [0.05, 0.1) is 0 Å². The van der Waals surface area contributed by atoms with Crippen LogP contribution in [0.4, 0.5) is 0 Å². The molecular formula is C43H28N3Se. The summed E-state index contributed by atoms with van der Waals surface area (Å²) in [6.45, 7) is 0. The van der Waals surface area contributed by atoms with Crippen LogP contribution in [0, 0.1) is 0 Å². The molecular weight excluding hydrogens is 637 g/mol. The molecule has 7 aromatic carbocycles. The van der Waals surface area contributed by atoms with Gasteiger partial charge in [0.25, 0.3) is 0 Å². The maximum absolute atomic E-state index is 5.10. The van der Waals surface area contributed by atoms with Crippen molar-refractivity contribution in [2.75, 3.05) is 0 Å². The van der Waals surface area contributed by atoms with Gasteiger partial charge in [0.15, 0.2) is 0 Å². The Morgan fingerprint density at radius 3 is 1.32 bits per heavy atom. The Hall–Kier alpha value is -5.67. The molecule has 0 atom stereocenters. The molecule has 1 radical (unpaired) electrons. The molecule has 0 saturated heterocycles. The average molecular weight is 666 g/mol. The standard InChI is InChI=1S/C43H28N3Se/c47-40-34(31-15-6-2-7-16-31)19-10-23-38(40)36-21-11-22-37-35(36)20-12-24-39(37)43-45-41(32-17-8-3-9-18-32)44-42(46-43)33-27-25-30(26-28-33)29-13-4-1-5-14-29/h1-28H. The zero-order chi connectivity index (χ0) is 31.6. The second kappa shape index (κ2) is 12.6. The molecule has 0 saturated carbocycles. The molecule has 47 heavy (non-hydrogen) atoms. The Morgan fingerprint density at radius 2 is 0.681 bits per heavy atom. The summed E-state index contributed by atoms with van der Waals surface area (Å²) in [6.07, 6.45) is 0. The Bertz CT molecular complexity index is 2340. The van der Waals surface area contributed by atoms with Gasteiger partial charge < -0.3 is 0 Å². The summed E-state index contributed by atoms with van der Waals surface area (Å²) in [5.41, 5.74) is 9.87. The SMILES string of the molecule is [Se]c1c(-c2ccccc2)cccc1-c1cccc2c(-c3nc(-c4ccccc4)nc(-c4ccc(-c5ccccc5)cc4)n3)cccc12. The van der Waals surface area contributed by atoms with Crippen LogP contribution in [0.5, 0.6) is 0 Å². The van der Waals surface area contributed by atoms with E-state index in [0.717, 1.165) is 48.6 Å². The molecule has 8 aromatic rings.